The second kappa shape index (κ2) is 5.20. The van der Waals surface area contributed by atoms with Crippen molar-refractivity contribution in [3.05, 3.63) is 0 Å². The van der Waals surface area contributed by atoms with Crippen molar-refractivity contribution in [2.45, 2.75) is 57.6 Å². The van der Waals surface area contributed by atoms with E-state index in [-0.39, 0.29) is 4.75 Å². The van der Waals surface area contributed by atoms with E-state index in [2.05, 4.69) is 20.8 Å². The van der Waals surface area contributed by atoms with Crippen molar-refractivity contribution in [3.63, 3.8) is 0 Å². The van der Waals surface area contributed by atoms with Crippen LogP contribution in [-0.4, -0.2) is 16.3 Å². The van der Waals surface area contributed by atoms with Crippen LogP contribution in [0.1, 0.15) is 52.9 Å². The Balaban J connectivity index is 2.48. The molecule has 0 aromatic carbocycles. The quantitative estimate of drug-likeness (QED) is 0.694. The summed E-state index contributed by atoms with van der Waals surface area (Å²) < 4.78 is -0.0391. The fraction of sp³-hybridized carbons (Fsp3) is 0.917. The first kappa shape index (κ1) is 12.1. The topological polar surface area (TPSA) is 17.1 Å². The van der Waals surface area contributed by atoms with Gasteiger partial charge in [-0.25, -0.2) is 0 Å². The molecule has 1 unspecified atom stereocenters. The predicted molar refractivity (Wildman–Crippen MR) is 63.8 cm³/mol. The van der Waals surface area contributed by atoms with E-state index >= 15 is 0 Å². The third kappa shape index (κ3) is 2.75. The first-order chi connectivity index (χ1) is 6.62. The molecule has 1 atom stereocenters. The summed E-state index contributed by atoms with van der Waals surface area (Å²) in [4.78, 5) is 12.1. The Morgan fingerprint density at radius 3 is 2.50 bits per heavy atom. The molecule has 2 heteroatoms. The molecule has 0 aromatic rings. The van der Waals surface area contributed by atoms with Gasteiger partial charge in [0.1, 0.15) is 5.78 Å². The summed E-state index contributed by atoms with van der Waals surface area (Å²) in [6.07, 6.45) is 5.40. The fourth-order valence-electron chi connectivity index (χ4n) is 2.05. The highest BCUT2D eigenvalue weighted by atomic mass is 32.2. The summed E-state index contributed by atoms with van der Waals surface area (Å²) in [6.45, 7) is 6.51. The lowest BCUT2D eigenvalue weighted by Crippen LogP contribution is -2.30. The normalized spacial score (nSPS) is 27.1. The van der Waals surface area contributed by atoms with Crippen LogP contribution in [0.25, 0.3) is 0 Å². The van der Waals surface area contributed by atoms with Crippen LogP contribution < -0.4 is 0 Å². The molecule has 82 valence electrons. The summed E-state index contributed by atoms with van der Waals surface area (Å²) in [6, 6.07) is 0. The van der Waals surface area contributed by atoms with Gasteiger partial charge in [-0.1, -0.05) is 26.7 Å². The van der Waals surface area contributed by atoms with Gasteiger partial charge in [0, 0.05) is 6.42 Å². The Labute approximate surface area is 92.0 Å². The molecular weight excluding hydrogens is 192 g/mol. The summed E-state index contributed by atoms with van der Waals surface area (Å²) in [5.41, 5.74) is 0. The van der Waals surface area contributed by atoms with E-state index in [1.54, 1.807) is 0 Å². The number of carbonyl (C=O) groups is 1. The average Bonchev–Trinajstić information content (AvgIpc) is 2.62. The monoisotopic (exact) mass is 214 g/mol. The minimum Gasteiger partial charge on any atom is -0.298 e. The Morgan fingerprint density at radius 2 is 2.07 bits per heavy atom. The largest absolute Gasteiger partial charge is 0.298 e. The minimum absolute atomic E-state index is 0.0391. The van der Waals surface area contributed by atoms with E-state index < -0.39 is 0 Å². The van der Waals surface area contributed by atoms with Crippen LogP contribution >= 0.6 is 11.8 Å². The standard InChI is InChI=1S/C12H22OS/c1-4-10(5-2)9-11(13)12(3)7-6-8-14-12/h10H,4-9H2,1-3H3. The van der Waals surface area contributed by atoms with Crippen LogP contribution in [0.2, 0.25) is 0 Å². The first-order valence-corrected chi connectivity index (χ1v) is 6.78. The Morgan fingerprint density at radius 1 is 1.43 bits per heavy atom. The average molecular weight is 214 g/mol. The summed E-state index contributed by atoms with van der Waals surface area (Å²) in [5.74, 6) is 2.28. The molecule has 1 aliphatic rings. The second-order valence-electron chi connectivity index (χ2n) is 4.49. The number of ketones is 1. The number of carbonyl (C=O) groups excluding carboxylic acids is 1. The van der Waals surface area contributed by atoms with Gasteiger partial charge in [0.05, 0.1) is 4.75 Å². The van der Waals surface area contributed by atoms with E-state index in [0.717, 1.165) is 25.7 Å². The molecule has 0 radical (unpaired) electrons. The van der Waals surface area contributed by atoms with Gasteiger partial charge in [-0.05, 0) is 31.4 Å². The number of hydrogen-bond donors (Lipinski definition) is 0. The highest BCUT2D eigenvalue weighted by Crippen LogP contribution is 2.40. The summed E-state index contributed by atoms with van der Waals surface area (Å²) in [5, 5.41) is 0. The van der Waals surface area contributed by atoms with E-state index in [9.17, 15) is 4.79 Å². The molecule has 1 saturated heterocycles. The molecule has 1 fully saturated rings. The second-order valence-corrected chi connectivity index (χ2v) is 6.09. The molecule has 1 heterocycles. The molecule has 14 heavy (non-hydrogen) atoms. The molecule has 1 nitrogen and oxygen atoms in total. The lowest BCUT2D eigenvalue weighted by molar-refractivity contribution is -0.122. The van der Waals surface area contributed by atoms with Crippen molar-refractivity contribution in [1.29, 1.82) is 0 Å². The van der Waals surface area contributed by atoms with Crippen LogP contribution in [0, 0.1) is 5.92 Å². The molecule has 0 aromatic heterocycles. The molecule has 0 amide bonds. The maximum Gasteiger partial charge on any atom is 0.148 e. The maximum absolute atomic E-state index is 12.1. The van der Waals surface area contributed by atoms with Crippen molar-refractivity contribution in [1.82, 2.24) is 0 Å². The third-order valence-electron chi connectivity index (χ3n) is 3.44. The Kier molecular flexibility index (Phi) is 4.49. The number of Topliss-reactive ketones (excluding diaryl/α,β-unsaturated/α-hetero) is 1. The van der Waals surface area contributed by atoms with Crippen molar-refractivity contribution in [3.8, 4) is 0 Å². The van der Waals surface area contributed by atoms with Gasteiger partial charge in [-0.2, -0.15) is 0 Å². The van der Waals surface area contributed by atoms with Crippen molar-refractivity contribution >= 4 is 17.5 Å². The molecular formula is C12H22OS. The highest BCUT2D eigenvalue weighted by molar-refractivity contribution is 8.01. The van der Waals surface area contributed by atoms with Gasteiger partial charge < -0.3 is 0 Å². The smallest absolute Gasteiger partial charge is 0.148 e. The van der Waals surface area contributed by atoms with E-state index in [1.807, 2.05) is 11.8 Å². The zero-order valence-electron chi connectivity index (χ0n) is 9.64. The first-order valence-electron chi connectivity index (χ1n) is 5.79. The number of rotatable bonds is 5. The molecule has 1 aliphatic heterocycles. The van der Waals surface area contributed by atoms with Gasteiger partial charge in [0.25, 0.3) is 0 Å². The molecule has 0 aliphatic carbocycles. The lowest BCUT2D eigenvalue weighted by atomic mass is 9.89. The van der Waals surface area contributed by atoms with E-state index in [1.165, 1.54) is 12.2 Å². The molecule has 0 saturated carbocycles. The van der Waals surface area contributed by atoms with E-state index in [4.69, 9.17) is 0 Å². The SMILES string of the molecule is CCC(CC)CC(=O)C1(C)CCCS1. The zero-order valence-corrected chi connectivity index (χ0v) is 10.5. The minimum atomic E-state index is -0.0391. The van der Waals surface area contributed by atoms with Crippen LogP contribution in [-0.2, 0) is 4.79 Å². The van der Waals surface area contributed by atoms with Crippen molar-refractivity contribution in [2.24, 2.45) is 5.92 Å². The highest BCUT2D eigenvalue weighted by Gasteiger charge is 2.37. The zero-order chi connectivity index (χ0) is 10.6. The third-order valence-corrected chi connectivity index (χ3v) is 5.00. The summed E-state index contributed by atoms with van der Waals surface area (Å²) >= 11 is 1.87. The summed E-state index contributed by atoms with van der Waals surface area (Å²) in [7, 11) is 0. The van der Waals surface area contributed by atoms with Crippen LogP contribution in [0.15, 0.2) is 0 Å². The molecule has 0 spiro atoms. The number of thioether (sulfide) groups is 1. The predicted octanol–water partition coefficient (Wildman–Crippen LogP) is 3.67. The van der Waals surface area contributed by atoms with Gasteiger partial charge in [-0.3, -0.25) is 4.79 Å². The Bertz CT molecular complexity index is 190. The van der Waals surface area contributed by atoms with Crippen LogP contribution in [0.4, 0.5) is 0 Å². The van der Waals surface area contributed by atoms with Crippen molar-refractivity contribution in [2.75, 3.05) is 5.75 Å². The number of hydrogen-bond acceptors (Lipinski definition) is 2. The van der Waals surface area contributed by atoms with Gasteiger partial charge in [0.2, 0.25) is 0 Å². The fourth-order valence-corrected chi connectivity index (χ4v) is 3.33. The van der Waals surface area contributed by atoms with Gasteiger partial charge in [-0.15, -0.1) is 11.8 Å². The van der Waals surface area contributed by atoms with Crippen LogP contribution in [0.3, 0.4) is 0 Å². The molecule has 0 N–H and O–H groups in total. The molecule has 1 rings (SSSR count). The molecule has 0 bridgehead atoms. The van der Waals surface area contributed by atoms with Crippen LogP contribution in [0.5, 0.6) is 0 Å². The van der Waals surface area contributed by atoms with Gasteiger partial charge >= 0.3 is 0 Å². The maximum atomic E-state index is 12.1. The van der Waals surface area contributed by atoms with Gasteiger partial charge in [0.15, 0.2) is 0 Å². The lowest BCUT2D eigenvalue weighted by Gasteiger charge is -2.23. The Hall–Kier alpha value is 0.0200. The van der Waals surface area contributed by atoms with E-state index in [0.29, 0.717) is 11.7 Å². The van der Waals surface area contributed by atoms with Crippen molar-refractivity contribution < 1.29 is 4.79 Å².